The highest BCUT2D eigenvalue weighted by Gasteiger charge is 2.04. The van der Waals surface area contributed by atoms with Crippen molar-refractivity contribution in [2.24, 2.45) is 0 Å². The number of aliphatic hydroxyl groups excluding tert-OH is 1. The Morgan fingerprint density at radius 3 is 2.37 bits per heavy atom. The molecular formula is C16H26O3. The maximum absolute atomic E-state index is 11.0. The summed E-state index contributed by atoms with van der Waals surface area (Å²) in [7, 11) is 1.34. The van der Waals surface area contributed by atoms with Crippen molar-refractivity contribution in [2.45, 2.75) is 53.1 Å². The van der Waals surface area contributed by atoms with Gasteiger partial charge >= 0.3 is 5.97 Å². The van der Waals surface area contributed by atoms with Gasteiger partial charge in [-0.1, -0.05) is 28.9 Å². The van der Waals surface area contributed by atoms with Crippen molar-refractivity contribution in [1.82, 2.24) is 0 Å². The van der Waals surface area contributed by atoms with Crippen LogP contribution in [-0.4, -0.2) is 24.3 Å². The molecule has 0 spiro atoms. The molecule has 108 valence electrons. The van der Waals surface area contributed by atoms with Gasteiger partial charge in [0.25, 0.3) is 0 Å². The number of aliphatic hydroxyl groups is 1. The SMILES string of the molecule is COC(=O)/C=C(\C)C[C@@H](O)/C=C(\C)CCC=C(C)C. The van der Waals surface area contributed by atoms with E-state index in [0.717, 1.165) is 24.0 Å². The normalized spacial score (nSPS) is 14.0. The van der Waals surface area contributed by atoms with Gasteiger partial charge in [0.2, 0.25) is 0 Å². The van der Waals surface area contributed by atoms with Gasteiger partial charge in [0.05, 0.1) is 13.2 Å². The first kappa shape index (κ1) is 17.6. The number of allylic oxidation sites excluding steroid dienone is 3. The Kier molecular flexibility index (Phi) is 8.88. The predicted octanol–water partition coefficient (Wildman–Crippen LogP) is 3.55. The van der Waals surface area contributed by atoms with E-state index in [1.54, 1.807) is 0 Å². The summed E-state index contributed by atoms with van der Waals surface area (Å²) in [5.41, 5.74) is 3.29. The smallest absolute Gasteiger partial charge is 0.330 e. The Morgan fingerprint density at radius 2 is 1.84 bits per heavy atom. The summed E-state index contributed by atoms with van der Waals surface area (Å²) in [5, 5.41) is 9.90. The van der Waals surface area contributed by atoms with Crippen LogP contribution in [0.4, 0.5) is 0 Å². The zero-order valence-corrected chi connectivity index (χ0v) is 12.7. The standard InChI is InChI=1S/C16H26O3/c1-12(2)7-6-8-13(3)9-15(17)10-14(4)11-16(18)19-5/h7,9,11,15,17H,6,8,10H2,1-5H3/b13-9+,14-11+/t15-/m0/s1. The lowest BCUT2D eigenvalue weighted by Crippen LogP contribution is -2.05. The summed E-state index contributed by atoms with van der Waals surface area (Å²) in [4.78, 5) is 11.0. The lowest BCUT2D eigenvalue weighted by molar-refractivity contribution is -0.134. The average Bonchev–Trinajstić information content (AvgIpc) is 2.27. The highest BCUT2D eigenvalue weighted by Crippen LogP contribution is 2.12. The topological polar surface area (TPSA) is 46.5 Å². The van der Waals surface area contributed by atoms with Crippen molar-refractivity contribution in [3.8, 4) is 0 Å². The molecule has 0 aliphatic heterocycles. The fraction of sp³-hybridized carbons (Fsp3) is 0.562. The van der Waals surface area contributed by atoms with E-state index >= 15 is 0 Å². The van der Waals surface area contributed by atoms with Crippen LogP contribution in [0.1, 0.15) is 47.0 Å². The third kappa shape index (κ3) is 10.3. The van der Waals surface area contributed by atoms with Crippen LogP contribution in [0.15, 0.2) is 34.9 Å². The third-order valence-corrected chi connectivity index (χ3v) is 2.66. The molecule has 0 amide bonds. The van der Waals surface area contributed by atoms with Crippen LogP contribution < -0.4 is 0 Å². The van der Waals surface area contributed by atoms with Crippen LogP contribution >= 0.6 is 0 Å². The summed E-state index contributed by atoms with van der Waals surface area (Å²) in [6.45, 7) is 7.98. The van der Waals surface area contributed by atoms with Crippen LogP contribution in [0, 0.1) is 0 Å². The van der Waals surface area contributed by atoms with Gasteiger partial charge < -0.3 is 9.84 Å². The van der Waals surface area contributed by atoms with Crippen molar-refractivity contribution >= 4 is 5.97 Å². The summed E-state index contributed by atoms with van der Waals surface area (Å²) >= 11 is 0. The molecule has 0 rings (SSSR count). The second-order valence-corrected chi connectivity index (χ2v) is 5.12. The molecule has 1 N–H and O–H groups in total. The molecule has 0 saturated heterocycles. The second-order valence-electron chi connectivity index (χ2n) is 5.12. The van der Waals surface area contributed by atoms with Crippen LogP contribution in [0.5, 0.6) is 0 Å². The van der Waals surface area contributed by atoms with E-state index in [2.05, 4.69) is 24.7 Å². The zero-order chi connectivity index (χ0) is 14.8. The average molecular weight is 266 g/mol. The highest BCUT2D eigenvalue weighted by atomic mass is 16.5. The minimum atomic E-state index is -0.549. The number of carbonyl (C=O) groups excluding carboxylic acids is 1. The summed E-state index contributed by atoms with van der Waals surface area (Å²) in [6, 6.07) is 0. The van der Waals surface area contributed by atoms with Gasteiger partial charge in [0.15, 0.2) is 0 Å². The molecule has 3 nitrogen and oxygen atoms in total. The molecule has 0 heterocycles. The third-order valence-electron chi connectivity index (χ3n) is 2.66. The Balaban J connectivity index is 4.27. The monoisotopic (exact) mass is 266 g/mol. The number of esters is 1. The maximum Gasteiger partial charge on any atom is 0.330 e. The predicted molar refractivity (Wildman–Crippen MR) is 78.8 cm³/mol. The zero-order valence-electron chi connectivity index (χ0n) is 12.7. The Labute approximate surface area is 116 Å². The number of hydrogen-bond donors (Lipinski definition) is 1. The lowest BCUT2D eigenvalue weighted by Gasteiger charge is -2.08. The number of hydrogen-bond acceptors (Lipinski definition) is 3. The molecule has 19 heavy (non-hydrogen) atoms. The minimum Gasteiger partial charge on any atom is -0.466 e. The van der Waals surface area contributed by atoms with Crippen molar-refractivity contribution < 1.29 is 14.6 Å². The number of rotatable bonds is 7. The fourth-order valence-electron chi connectivity index (χ4n) is 1.71. The van der Waals surface area contributed by atoms with E-state index in [-0.39, 0.29) is 5.97 Å². The van der Waals surface area contributed by atoms with Gasteiger partial charge in [-0.15, -0.1) is 0 Å². The molecule has 0 bridgehead atoms. The second kappa shape index (κ2) is 9.56. The van der Waals surface area contributed by atoms with E-state index in [1.165, 1.54) is 18.8 Å². The molecule has 0 radical (unpaired) electrons. The first-order chi connectivity index (χ1) is 8.85. The van der Waals surface area contributed by atoms with E-state index < -0.39 is 6.10 Å². The number of carbonyl (C=O) groups is 1. The molecule has 0 aromatic carbocycles. The Bertz CT molecular complexity index is 371. The first-order valence-corrected chi connectivity index (χ1v) is 6.59. The molecule has 3 heteroatoms. The molecule has 0 fully saturated rings. The first-order valence-electron chi connectivity index (χ1n) is 6.59. The largest absolute Gasteiger partial charge is 0.466 e. The number of ether oxygens (including phenoxy) is 1. The molecule has 0 saturated carbocycles. The van der Waals surface area contributed by atoms with Gasteiger partial charge in [-0.2, -0.15) is 0 Å². The highest BCUT2D eigenvalue weighted by molar-refractivity contribution is 5.82. The number of methoxy groups -OCH3 is 1. The summed E-state index contributed by atoms with van der Waals surface area (Å²) < 4.78 is 4.54. The molecule has 0 aromatic rings. The quantitative estimate of drug-likeness (QED) is 0.435. The Hall–Kier alpha value is -1.35. The van der Waals surface area contributed by atoms with Gasteiger partial charge in [0.1, 0.15) is 0 Å². The van der Waals surface area contributed by atoms with Gasteiger partial charge in [0, 0.05) is 6.08 Å². The van der Waals surface area contributed by atoms with Crippen molar-refractivity contribution in [2.75, 3.05) is 7.11 Å². The fourth-order valence-corrected chi connectivity index (χ4v) is 1.71. The Morgan fingerprint density at radius 1 is 1.21 bits per heavy atom. The van der Waals surface area contributed by atoms with E-state index in [9.17, 15) is 9.90 Å². The van der Waals surface area contributed by atoms with Crippen molar-refractivity contribution in [3.63, 3.8) is 0 Å². The summed E-state index contributed by atoms with van der Waals surface area (Å²) in [5.74, 6) is -0.381. The minimum absolute atomic E-state index is 0.381. The van der Waals surface area contributed by atoms with Crippen LogP contribution in [0.3, 0.4) is 0 Å². The van der Waals surface area contributed by atoms with Crippen LogP contribution in [0.25, 0.3) is 0 Å². The van der Waals surface area contributed by atoms with Crippen LogP contribution in [0.2, 0.25) is 0 Å². The molecule has 0 aromatic heterocycles. The molecule has 0 unspecified atom stereocenters. The molecule has 1 atom stereocenters. The van der Waals surface area contributed by atoms with Gasteiger partial charge in [-0.05, 0) is 47.0 Å². The molecular weight excluding hydrogens is 240 g/mol. The summed E-state index contributed by atoms with van der Waals surface area (Å²) in [6.07, 6.45) is 7.30. The van der Waals surface area contributed by atoms with E-state index in [4.69, 9.17) is 0 Å². The van der Waals surface area contributed by atoms with E-state index in [1.807, 2.05) is 19.9 Å². The molecule has 0 aliphatic rings. The van der Waals surface area contributed by atoms with Crippen LogP contribution in [-0.2, 0) is 9.53 Å². The van der Waals surface area contributed by atoms with Gasteiger partial charge in [-0.25, -0.2) is 4.79 Å². The van der Waals surface area contributed by atoms with Crippen molar-refractivity contribution in [1.29, 1.82) is 0 Å². The molecule has 0 aliphatic carbocycles. The van der Waals surface area contributed by atoms with Gasteiger partial charge in [-0.3, -0.25) is 0 Å². The lowest BCUT2D eigenvalue weighted by atomic mass is 10.0. The van der Waals surface area contributed by atoms with E-state index in [0.29, 0.717) is 6.42 Å². The maximum atomic E-state index is 11.0. The van der Waals surface area contributed by atoms with Crippen molar-refractivity contribution in [3.05, 3.63) is 34.9 Å².